The Labute approximate surface area is 105 Å². The first-order chi connectivity index (χ1) is 8.00. The highest BCUT2D eigenvalue weighted by molar-refractivity contribution is 7.10. The van der Waals surface area contributed by atoms with Crippen LogP contribution in [0.15, 0.2) is 35.7 Å². The monoisotopic (exact) mass is 249 g/mol. The molecule has 90 valence electrons. The number of aryl methyl sites for hydroxylation is 1. The summed E-state index contributed by atoms with van der Waals surface area (Å²) < 4.78 is 13.6. The van der Waals surface area contributed by atoms with Crippen LogP contribution in [0.3, 0.4) is 0 Å². The third-order valence-corrected chi connectivity index (χ3v) is 4.19. The normalized spacial score (nSPS) is 14.6. The third-order valence-electron chi connectivity index (χ3n) is 2.90. The molecule has 1 heterocycles. The Balaban J connectivity index is 2.30. The van der Waals surface area contributed by atoms with E-state index in [-0.39, 0.29) is 5.82 Å². The van der Waals surface area contributed by atoms with Gasteiger partial charge in [-0.2, -0.15) is 0 Å². The topological polar surface area (TPSA) is 26.0 Å². The minimum Gasteiger partial charge on any atom is -0.321 e. The number of rotatable bonds is 3. The highest BCUT2D eigenvalue weighted by atomic mass is 32.1. The molecule has 0 radical (unpaired) electrons. The highest BCUT2D eigenvalue weighted by Gasteiger charge is 2.25. The van der Waals surface area contributed by atoms with Gasteiger partial charge in [-0.05, 0) is 48.9 Å². The molecule has 0 aliphatic carbocycles. The molecule has 2 aromatic rings. The van der Waals surface area contributed by atoms with E-state index < -0.39 is 5.54 Å². The van der Waals surface area contributed by atoms with Crippen LogP contribution in [0.1, 0.15) is 22.9 Å². The molecule has 0 fully saturated rings. The second-order valence-electron chi connectivity index (χ2n) is 4.62. The zero-order valence-electron chi connectivity index (χ0n) is 10.0. The van der Waals surface area contributed by atoms with Crippen molar-refractivity contribution in [1.29, 1.82) is 0 Å². The van der Waals surface area contributed by atoms with Crippen LogP contribution in [0, 0.1) is 12.7 Å². The number of benzene rings is 1. The van der Waals surface area contributed by atoms with Crippen LogP contribution in [0.4, 0.5) is 4.39 Å². The lowest BCUT2D eigenvalue weighted by atomic mass is 9.90. The first kappa shape index (κ1) is 12.3. The summed E-state index contributed by atoms with van der Waals surface area (Å²) in [5.74, 6) is -0.182. The zero-order chi connectivity index (χ0) is 12.5. The van der Waals surface area contributed by atoms with Crippen LogP contribution in [0.2, 0.25) is 0 Å². The molecule has 0 bridgehead atoms. The quantitative estimate of drug-likeness (QED) is 0.883. The summed E-state index contributed by atoms with van der Waals surface area (Å²) in [4.78, 5) is 1.13. The molecule has 0 spiro atoms. The molecule has 1 atom stereocenters. The standard InChI is InChI=1S/C14H16FNS/c1-10-7-8-17-13(10)14(2,16)9-11-5-3-4-6-12(11)15/h3-8H,9,16H2,1-2H3. The molecule has 0 amide bonds. The Bertz CT molecular complexity index is 516. The molecule has 17 heavy (non-hydrogen) atoms. The fourth-order valence-electron chi connectivity index (χ4n) is 2.08. The molecular weight excluding hydrogens is 233 g/mol. The van der Waals surface area contributed by atoms with Gasteiger partial charge in [0.25, 0.3) is 0 Å². The van der Waals surface area contributed by atoms with E-state index in [0.717, 1.165) is 4.88 Å². The Morgan fingerprint density at radius 3 is 2.59 bits per heavy atom. The van der Waals surface area contributed by atoms with Crippen molar-refractivity contribution in [3.63, 3.8) is 0 Å². The van der Waals surface area contributed by atoms with Crippen LogP contribution < -0.4 is 5.73 Å². The van der Waals surface area contributed by atoms with E-state index in [1.54, 1.807) is 23.5 Å². The fraction of sp³-hybridized carbons (Fsp3) is 0.286. The average molecular weight is 249 g/mol. The molecule has 0 aliphatic rings. The largest absolute Gasteiger partial charge is 0.321 e. The van der Waals surface area contributed by atoms with E-state index in [4.69, 9.17) is 5.73 Å². The van der Waals surface area contributed by atoms with Crippen molar-refractivity contribution < 1.29 is 4.39 Å². The van der Waals surface area contributed by atoms with Crippen molar-refractivity contribution in [2.45, 2.75) is 25.8 Å². The lowest BCUT2D eigenvalue weighted by Crippen LogP contribution is -2.35. The molecule has 0 aliphatic heterocycles. The van der Waals surface area contributed by atoms with Gasteiger partial charge in [0, 0.05) is 4.88 Å². The number of hydrogen-bond acceptors (Lipinski definition) is 2. The van der Waals surface area contributed by atoms with Crippen LogP contribution in [0.5, 0.6) is 0 Å². The predicted octanol–water partition coefficient (Wildman–Crippen LogP) is 3.61. The summed E-state index contributed by atoms with van der Waals surface area (Å²) in [5, 5.41) is 2.02. The summed E-state index contributed by atoms with van der Waals surface area (Å²) in [5.41, 5.74) is 7.66. The minimum atomic E-state index is -0.513. The fourth-order valence-corrected chi connectivity index (χ4v) is 3.08. The lowest BCUT2D eigenvalue weighted by Gasteiger charge is -2.25. The smallest absolute Gasteiger partial charge is 0.126 e. The van der Waals surface area contributed by atoms with E-state index >= 15 is 0 Å². The summed E-state index contributed by atoms with van der Waals surface area (Å²) in [6, 6.07) is 8.86. The van der Waals surface area contributed by atoms with Crippen molar-refractivity contribution >= 4 is 11.3 Å². The van der Waals surface area contributed by atoms with Crippen LogP contribution >= 0.6 is 11.3 Å². The van der Waals surface area contributed by atoms with Crippen molar-refractivity contribution in [2.24, 2.45) is 5.73 Å². The van der Waals surface area contributed by atoms with Crippen molar-refractivity contribution in [3.8, 4) is 0 Å². The SMILES string of the molecule is Cc1ccsc1C(C)(N)Cc1ccccc1F. The molecule has 3 heteroatoms. The molecule has 1 aromatic heterocycles. The summed E-state index contributed by atoms with van der Waals surface area (Å²) >= 11 is 1.63. The predicted molar refractivity (Wildman–Crippen MR) is 70.7 cm³/mol. The van der Waals surface area contributed by atoms with Gasteiger partial charge in [0.1, 0.15) is 5.82 Å². The van der Waals surface area contributed by atoms with Gasteiger partial charge >= 0.3 is 0 Å². The summed E-state index contributed by atoms with van der Waals surface area (Å²) in [6.07, 6.45) is 0.515. The third kappa shape index (κ3) is 2.56. The van der Waals surface area contributed by atoms with Gasteiger partial charge in [0.2, 0.25) is 0 Å². The van der Waals surface area contributed by atoms with Crippen LogP contribution in [0.25, 0.3) is 0 Å². The minimum absolute atomic E-state index is 0.182. The molecule has 0 saturated heterocycles. The van der Waals surface area contributed by atoms with Gasteiger partial charge in [0.15, 0.2) is 0 Å². The maximum absolute atomic E-state index is 13.6. The van der Waals surface area contributed by atoms with Crippen LogP contribution in [-0.4, -0.2) is 0 Å². The van der Waals surface area contributed by atoms with Gasteiger partial charge < -0.3 is 5.73 Å². The van der Waals surface area contributed by atoms with E-state index in [1.807, 2.05) is 31.4 Å². The Kier molecular flexibility index (Phi) is 3.31. The first-order valence-electron chi connectivity index (χ1n) is 5.57. The van der Waals surface area contributed by atoms with Crippen LogP contribution in [-0.2, 0) is 12.0 Å². The van der Waals surface area contributed by atoms with Crippen molar-refractivity contribution in [2.75, 3.05) is 0 Å². The number of nitrogens with two attached hydrogens (primary N) is 1. The first-order valence-corrected chi connectivity index (χ1v) is 6.45. The average Bonchev–Trinajstić information content (AvgIpc) is 2.68. The van der Waals surface area contributed by atoms with E-state index in [1.165, 1.54) is 11.6 Å². The maximum atomic E-state index is 13.6. The summed E-state index contributed by atoms with van der Waals surface area (Å²) in [7, 11) is 0. The molecule has 1 unspecified atom stereocenters. The molecule has 0 saturated carbocycles. The van der Waals surface area contributed by atoms with Gasteiger partial charge in [-0.3, -0.25) is 0 Å². The number of hydrogen-bond donors (Lipinski definition) is 1. The van der Waals surface area contributed by atoms with Crippen molar-refractivity contribution in [3.05, 3.63) is 57.5 Å². The van der Waals surface area contributed by atoms with Gasteiger partial charge in [-0.25, -0.2) is 4.39 Å². The Hall–Kier alpha value is -1.19. The number of thiophene rings is 1. The van der Waals surface area contributed by atoms with E-state index in [0.29, 0.717) is 12.0 Å². The molecule has 1 nitrogen and oxygen atoms in total. The Morgan fingerprint density at radius 1 is 1.29 bits per heavy atom. The zero-order valence-corrected chi connectivity index (χ0v) is 10.9. The van der Waals surface area contributed by atoms with E-state index in [2.05, 4.69) is 0 Å². The van der Waals surface area contributed by atoms with Gasteiger partial charge in [0.05, 0.1) is 5.54 Å². The second kappa shape index (κ2) is 4.59. The molecule has 2 rings (SSSR count). The van der Waals surface area contributed by atoms with E-state index in [9.17, 15) is 4.39 Å². The highest BCUT2D eigenvalue weighted by Crippen LogP contribution is 2.30. The summed E-state index contributed by atoms with van der Waals surface area (Å²) in [6.45, 7) is 4.00. The van der Waals surface area contributed by atoms with Crippen molar-refractivity contribution in [1.82, 2.24) is 0 Å². The molecule has 1 aromatic carbocycles. The van der Waals surface area contributed by atoms with Gasteiger partial charge in [-0.1, -0.05) is 18.2 Å². The Morgan fingerprint density at radius 2 is 2.00 bits per heavy atom. The number of halogens is 1. The second-order valence-corrected chi connectivity index (χ2v) is 5.53. The maximum Gasteiger partial charge on any atom is 0.126 e. The van der Waals surface area contributed by atoms with Gasteiger partial charge in [-0.15, -0.1) is 11.3 Å². The molecular formula is C14H16FNS. The lowest BCUT2D eigenvalue weighted by molar-refractivity contribution is 0.482. The molecule has 2 N–H and O–H groups in total.